The topological polar surface area (TPSA) is 202 Å². The number of hydrogen-bond acceptors (Lipinski definition) is 17. The highest BCUT2D eigenvalue weighted by atomic mass is 32.2. The van der Waals surface area contributed by atoms with Gasteiger partial charge in [-0.1, -0.05) is 232 Å². The summed E-state index contributed by atoms with van der Waals surface area (Å²) in [6, 6.07) is 33.9. The van der Waals surface area contributed by atoms with Crippen LogP contribution in [-0.4, -0.2) is 228 Å². The van der Waals surface area contributed by atoms with E-state index in [2.05, 4.69) is 288 Å². The molecule has 1 unspecified atom stereocenters. The van der Waals surface area contributed by atoms with Gasteiger partial charge in [0, 0.05) is 115 Å². The van der Waals surface area contributed by atoms with E-state index >= 15 is 0 Å². The molecule has 1 aromatic heterocycles. The fourth-order valence-corrected chi connectivity index (χ4v) is 21.2. The molecular formula is C106H184N12O6S3. The van der Waals surface area contributed by atoms with Gasteiger partial charge in [0.05, 0.1) is 35.5 Å². The van der Waals surface area contributed by atoms with Crippen LogP contribution in [0.2, 0.25) is 0 Å². The van der Waals surface area contributed by atoms with Gasteiger partial charge in [-0.3, -0.25) is 19.6 Å². The minimum absolute atomic E-state index is 0.295. The summed E-state index contributed by atoms with van der Waals surface area (Å²) in [5.74, 6) is 7.90. The summed E-state index contributed by atoms with van der Waals surface area (Å²) in [7, 11) is -8.57. The van der Waals surface area contributed by atoms with Gasteiger partial charge in [-0.25, -0.2) is 39.5 Å². The monoisotopic (exact) mass is 1820 g/mol. The Balaban J connectivity index is 0.000000258. The predicted octanol–water partition coefficient (Wildman–Crippen LogP) is 21.2. The van der Waals surface area contributed by atoms with Crippen molar-refractivity contribution in [1.29, 1.82) is 10.5 Å². The average Bonchev–Trinajstić information content (AvgIpc) is 0.810. The second-order valence-electron chi connectivity index (χ2n) is 46.9. The smallest absolute Gasteiger partial charge is 0.211 e. The van der Waals surface area contributed by atoms with Crippen molar-refractivity contribution in [1.82, 2.24) is 48.6 Å². The first-order chi connectivity index (χ1) is 59.0. The van der Waals surface area contributed by atoms with Gasteiger partial charge in [0.1, 0.15) is 26.0 Å². The molecule has 8 aliphatic heterocycles. The molecule has 0 N–H and O–H groups in total. The first-order valence-corrected chi connectivity index (χ1v) is 55.0. The van der Waals surface area contributed by atoms with E-state index in [4.69, 9.17) is 10.5 Å². The van der Waals surface area contributed by atoms with Crippen LogP contribution >= 0.6 is 0 Å². The van der Waals surface area contributed by atoms with Crippen molar-refractivity contribution in [3.63, 3.8) is 0 Å². The highest BCUT2D eigenvalue weighted by Gasteiger charge is 2.38. The Labute approximate surface area is 780 Å². The van der Waals surface area contributed by atoms with Gasteiger partial charge < -0.3 is 14.7 Å². The van der Waals surface area contributed by atoms with Crippen molar-refractivity contribution in [2.45, 2.75) is 282 Å². The van der Waals surface area contributed by atoms with Crippen molar-refractivity contribution < 1.29 is 25.3 Å². The van der Waals surface area contributed by atoms with Gasteiger partial charge in [0.25, 0.3) is 0 Å². The van der Waals surface area contributed by atoms with Crippen LogP contribution in [0.15, 0.2) is 104 Å². The Morgan fingerprint density at radius 1 is 0.346 bits per heavy atom. The van der Waals surface area contributed by atoms with E-state index in [-0.39, 0.29) is 0 Å². The molecule has 9 heterocycles. The van der Waals surface area contributed by atoms with Gasteiger partial charge in [0.15, 0.2) is 0 Å². The lowest BCUT2D eigenvalue weighted by Gasteiger charge is -2.46. The molecular weight excluding hydrogens is 1630 g/mol. The number of benzene rings is 3. The number of aromatic nitrogens is 2. The summed E-state index contributed by atoms with van der Waals surface area (Å²) in [5.41, 5.74) is 9.14. The molecule has 0 radical (unpaired) electrons. The van der Waals surface area contributed by atoms with E-state index in [0.717, 1.165) is 119 Å². The minimum atomic E-state index is -2.96. The van der Waals surface area contributed by atoms with Gasteiger partial charge in [-0.05, 0) is 282 Å². The maximum atomic E-state index is 11.3. The molecule has 0 bridgehead atoms. The number of sulfonamides is 1. The Bertz CT molecular complexity index is 4020. The first-order valence-electron chi connectivity index (χ1n) is 49.0. The Hall–Kier alpha value is -4.75. The fourth-order valence-electron chi connectivity index (χ4n) is 19.1. The minimum Gasteiger partial charge on any atom is -0.302 e. The molecule has 8 fully saturated rings. The zero-order valence-corrected chi connectivity index (χ0v) is 87.8. The molecule has 722 valence electrons. The van der Waals surface area contributed by atoms with Crippen molar-refractivity contribution in [2.24, 2.45) is 91.2 Å². The summed E-state index contributed by atoms with van der Waals surface area (Å²) in [6.07, 6.45) is 27.5. The molecule has 1 atom stereocenters. The van der Waals surface area contributed by atoms with Gasteiger partial charge in [-0.2, -0.15) is 10.5 Å². The van der Waals surface area contributed by atoms with Crippen LogP contribution in [0.3, 0.4) is 0 Å². The molecule has 21 heteroatoms. The number of piperidine rings is 7. The number of rotatable bonds is 18. The molecule has 12 rings (SSSR count). The van der Waals surface area contributed by atoms with Crippen molar-refractivity contribution in [2.75, 3.05) is 155 Å². The second-order valence-corrected chi connectivity index (χ2v) is 53.4. The van der Waals surface area contributed by atoms with Crippen LogP contribution in [-0.2, 0) is 55.9 Å². The van der Waals surface area contributed by atoms with Crippen LogP contribution in [0.4, 0.5) is 0 Å². The number of sulfone groups is 2. The van der Waals surface area contributed by atoms with E-state index in [1.165, 1.54) is 184 Å². The number of likely N-dealkylation sites (tertiary alicyclic amines) is 7. The molecule has 4 aromatic rings. The molecule has 8 aliphatic rings. The molecule has 8 saturated heterocycles. The lowest BCUT2D eigenvalue weighted by molar-refractivity contribution is 0.0189. The van der Waals surface area contributed by atoms with E-state index in [0.29, 0.717) is 93.8 Å². The van der Waals surface area contributed by atoms with E-state index < -0.39 is 29.7 Å². The van der Waals surface area contributed by atoms with Crippen molar-refractivity contribution in [3.05, 3.63) is 131 Å². The largest absolute Gasteiger partial charge is 0.302 e. The second kappa shape index (κ2) is 52.8. The van der Waals surface area contributed by atoms with Crippen LogP contribution in [0, 0.1) is 114 Å². The molecule has 18 nitrogen and oxygen atoms in total. The summed E-state index contributed by atoms with van der Waals surface area (Å²) < 4.78 is 68.4. The highest BCUT2D eigenvalue weighted by Crippen LogP contribution is 2.41. The van der Waals surface area contributed by atoms with E-state index in [1.54, 1.807) is 10.6 Å². The summed E-state index contributed by atoms with van der Waals surface area (Å²) in [5, 5.41) is 17.3. The predicted molar refractivity (Wildman–Crippen MR) is 536 cm³/mol. The van der Waals surface area contributed by atoms with Gasteiger partial charge in [-0.15, -0.1) is 0 Å². The molecule has 0 saturated carbocycles. The van der Waals surface area contributed by atoms with Crippen LogP contribution in [0.1, 0.15) is 283 Å². The van der Waals surface area contributed by atoms with Crippen molar-refractivity contribution >= 4 is 29.7 Å². The SMILES string of the molecule is CC(C)(C)C1CCCN(CCS(C)(=O)=O)C1.CC(C)(C)C1CCN(CCC#N)CC1.CC(C)(C)C1CCN(Cc2ccc(C#N)cc2)CC1.CC(C)(C)C1CCN(Cc2ccccc2)CC1.CC(C)(C)C1CCN(Cc2cncnc2)CC1.CC(C)(C)C1CCN(S(C)(=O)=O)CC1.CC(C)(C)C1CN(Cc2ccccc2)C1.CC(C)C1CCN(CCS(C)(=O)=O)CC1. The lowest BCUT2D eigenvalue weighted by atomic mass is 9.75. The van der Waals surface area contributed by atoms with E-state index in [1.807, 2.05) is 24.5 Å². The first kappa shape index (κ1) is 113. The van der Waals surface area contributed by atoms with Crippen LogP contribution in [0.5, 0.6) is 0 Å². The zero-order valence-electron chi connectivity index (χ0n) is 85.3. The third kappa shape index (κ3) is 46.2. The third-order valence-electron chi connectivity index (χ3n) is 29.0. The summed E-state index contributed by atoms with van der Waals surface area (Å²) >= 11 is 0. The average molecular weight is 1820 g/mol. The maximum absolute atomic E-state index is 11.3. The molecule has 127 heavy (non-hydrogen) atoms. The standard InChI is InChI=1S/C17H24N2.C16H25N.C14H23N3.C14H21N.C12H22N2.C12H25NO2S.C11H23NO2S.C10H21NO2S/c1-17(2,3)16-8-10-19(11-9-16)13-15-6-4-14(12-18)5-7-15;1-16(2,3)15-9-11-17(12-10-15)13-14-7-5-4-6-8-14;1-14(2,3)13-4-6-17(7-5-13)10-12-8-15-11-16-9-12;1-14(2,3)13-10-15(11-13)9-12-7-5-4-6-8-12;1-12(2,3)11-5-9-14(10-6-11)8-4-7-13;1-12(2,3)11-6-5-7-13(10-11)8-9-16(4,14)15;1-10(2)11-4-6-12(7-5-11)8-9-15(3,13)14;1-10(2,3)9-5-7-11(8-6-9)14(4,12)13/h4-7,16H,8-11,13H2,1-3H3;4-8,15H,9-13H2,1-3H3;8-9,11,13H,4-7,10H2,1-3H3;4-8,13H,9-11H2,1-3H3;11H,4-6,8-10H2,1-3H3;11H,5-10H2,1-4H3;10-11H,4-9H2,1-3H3;9H,5-8H2,1-4H3. The molecule has 0 aliphatic carbocycles. The number of nitriles is 2. The lowest BCUT2D eigenvalue weighted by Crippen LogP contribution is -2.51. The normalized spacial score (nSPS) is 20.5. The molecule has 3 aromatic carbocycles. The number of hydrogen-bond donors (Lipinski definition) is 0. The highest BCUT2D eigenvalue weighted by molar-refractivity contribution is 7.91. The summed E-state index contributed by atoms with van der Waals surface area (Å²) in [6.45, 7) is 77.9. The third-order valence-corrected chi connectivity index (χ3v) is 32.1. The van der Waals surface area contributed by atoms with Crippen molar-refractivity contribution in [3.8, 4) is 12.1 Å². The van der Waals surface area contributed by atoms with E-state index in [9.17, 15) is 25.3 Å². The Morgan fingerprint density at radius 2 is 0.654 bits per heavy atom. The Kier molecular flexibility index (Phi) is 46.9. The van der Waals surface area contributed by atoms with Crippen LogP contribution in [0.25, 0.3) is 0 Å². The maximum Gasteiger partial charge on any atom is 0.211 e. The number of nitrogens with zero attached hydrogens (tertiary/aromatic N) is 12. The Morgan fingerprint density at radius 3 is 0.984 bits per heavy atom. The molecule has 0 spiro atoms. The molecule has 0 amide bonds. The van der Waals surface area contributed by atoms with Crippen LogP contribution < -0.4 is 0 Å². The van der Waals surface area contributed by atoms with Gasteiger partial charge >= 0.3 is 0 Å². The fraction of sp³-hybridized carbons (Fsp3) is 0.774. The zero-order chi connectivity index (χ0) is 94.8. The quantitative estimate of drug-likeness (QED) is 0.0909. The van der Waals surface area contributed by atoms with Gasteiger partial charge in [0.2, 0.25) is 10.0 Å². The summed E-state index contributed by atoms with van der Waals surface area (Å²) in [4.78, 5) is 25.3.